The molecule has 69 heavy (non-hydrogen) atoms. The summed E-state index contributed by atoms with van der Waals surface area (Å²) in [6.07, 6.45) is -9.33. The second kappa shape index (κ2) is 25.6. The smallest absolute Gasteiger partial charge is 0.186 e. The first-order chi connectivity index (χ1) is 33.9. The zero-order valence-electron chi connectivity index (χ0n) is 39.1. The van der Waals surface area contributed by atoms with E-state index in [2.05, 4.69) is 0 Å². The Bertz CT molecular complexity index is 2300. The molecule has 6 aromatic carbocycles. The molecule has 2 aliphatic heterocycles. The zero-order chi connectivity index (χ0) is 47.7. The van der Waals surface area contributed by atoms with E-state index in [1.165, 1.54) is 14.2 Å². The molecule has 13 heteroatoms. The van der Waals surface area contributed by atoms with E-state index in [0.29, 0.717) is 0 Å². The van der Waals surface area contributed by atoms with Crippen LogP contribution in [0.25, 0.3) is 0 Å². The first-order valence-electron chi connectivity index (χ1n) is 23.4. The Balaban J connectivity index is 1.10. The van der Waals surface area contributed by atoms with Crippen LogP contribution in [0.2, 0.25) is 0 Å². The number of sulfone groups is 1. The van der Waals surface area contributed by atoms with E-state index in [9.17, 15) is 0 Å². The number of hydrogen-bond acceptors (Lipinski definition) is 12. The highest BCUT2D eigenvalue weighted by Gasteiger charge is 2.53. The topological polar surface area (TPSA) is 126 Å². The van der Waals surface area contributed by atoms with E-state index in [1.807, 2.05) is 182 Å². The lowest BCUT2D eigenvalue weighted by atomic mass is 9.98. The Kier molecular flexibility index (Phi) is 18.7. The van der Waals surface area contributed by atoms with Gasteiger partial charge >= 0.3 is 0 Å². The fraction of sp³-hybridized carbons (Fsp3) is 0.357. The minimum absolute atomic E-state index is 0.154. The molecule has 364 valence electrons. The van der Waals surface area contributed by atoms with Crippen molar-refractivity contribution in [3.8, 4) is 0 Å². The molecule has 0 bridgehead atoms. The summed E-state index contributed by atoms with van der Waals surface area (Å²) < 4.78 is 95.6. The Morgan fingerprint density at radius 1 is 0.333 bits per heavy atom. The van der Waals surface area contributed by atoms with Gasteiger partial charge in [0.05, 0.1) is 51.1 Å². The molecule has 2 saturated heterocycles. The predicted molar refractivity (Wildman–Crippen MR) is 260 cm³/mol. The standard InChI is InChI=1S/C56H62O12S/c1-59-55-53(65-37-45-29-17-7-18-30-45)51(63-35-43-25-13-5-14-26-43)49(61-33-41-21-9-3-10-22-41)47(67-55)39-69(57,58)40-48-50(62-34-42-23-11-4-12-24-42)52(64-36-44-27-15-6-16-28-44)54(56(60-2)68-48)66-38-46-31-19-8-20-32-46/h3-32,47-56H,33-40H2,1-2H3/t47-,48-,49-,50-,51+,52+,53+,54+,55+,56+/m1/s1. The van der Waals surface area contributed by atoms with Gasteiger partial charge in [0.1, 0.15) is 48.8 Å². The monoisotopic (exact) mass is 958 g/mol. The van der Waals surface area contributed by atoms with Crippen molar-refractivity contribution in [2.45, 2.75) is 101 Å². The SMILES string of the molecule is CO[C@H]1O[C@H](CS(=O)(=O)C[C@H]2O[C@H](OC)[C@@H](OCc3ccccc3)[C@@H](OCc3ccccc3)[C@@H]2OCc2ccccc2)[C@@H](OCc2ccccc2)[C@H](OCc2ccccc2)[C@@H]1OCc1ccccc1. The molecular weight excluding hydrogens is 897 g/mol. The summed E-state index contributed by atoms with van der Waals surface area (Å²) in [4.78, 5) is 0. The second-order valence-electron chi connectivity index (χ2n) is 17.2. The van der Waals surface area contributed by atoms with Gasteiger partial charge in [0.15, 0.2) is 22.4 Å². The minimum atomic E-state index is -4.12. The van der Waals surface area contributed by atoms with Crippen molar-refractivity contribution in [2.75, 3.05) is 25.7 Å². The summed E-state index contributed by atoms with van der Waals surface area (Å²) in [5.74, 6) is -0.954. The van der Waals surface area contributed by atoms with Gasteiger partial charge in [0.2, 0.25) is 0 Å². The summed E-state index contributed by atoms with van der Waals surface area (Å²) >= 11 is 0. The molecule has 10 atom stereocenters. The average molecular weight is 959 g/mol. The second-order valence-corrected chi connectivity index (χ2v) is 19.4. The van der Waals surface area contributed by atoms with Crippen LogP contribution in [0, 0.1) is 0 Å². The Hall–Kier alpha value is -5.13. The minimum Gasteiger partial charge on any atom is -0.368 e. The van der Waals surface area contributed by atoms with Gasteiger partial charge < -0.3 is 47.4 Å². The van der Waals surface area contributed by atoms with Gasteiger partial charge in [-0.25, -0.2) is 8.42 Å². The lowest BCUT2D eigenvalue weighted by Crippen LogP contribution is -2.63. The predicted octanol–water partition coefficient (Wildman–Crippen LogP) is 8.66. The van der Waals surface area contributed by atoms with Crippen molar-refractivity contribution in [1.82, 2.24) is 0 Å². The molecule has 0 aliphatic carbocycles. The Labute approximate surface area is 406 Å². The van der Waals surface area contributed by atoms with E-state index in [-0.39, 0.29) is 39.6 Å². The van der Waals surface area contributed by atoms with Crippen LogP contribution in [0.1, 0.15) is 33.4 Å². The first kappa shape index (κ1) is 50.3. The molecule has 8 rings (SSSR count). The van der Waals surface area contributed by atoms with Crippen molar-refractivity contribution in [1.29, 1.82) is 0 Å². The van der Waals surface area contributed by atoms with Crippen LogP contribution < -0.4 is 0 Å². The van der Waals surface area contributed by atoms with Crippen molar-refractivity contribution >= 4 is 9.84 Å². The Morgan fingerprint density at radius 3 is 0.783 bits per heavy atom. The van der Waals surface area contributed by atoms with Gasteiger partial charge in [0, 0.05) is 14.2 Å². The van der Waals surface area contributed by atoms with E-state index in [0.717, 1.165) is 33.4 Å². The van der Waals surface area contributed by atoms with Crippen LogP contribution in [0.4, 0.5) is 0 Å². The lowest BCUT2D eigenvalue weighted by molar-refractivity contribution is -0.315. The third-order valence-corrected chi connectivity index (χ3v) is 13.9. The summed E-state index contributed by atoms with van der Waals surface area (Å²) in [7, 11) is -1.10. The van der Waals surface area contributed by atoms with Gasteiger partial charge in [0.25, 0.3) is 0 Å². The van der Waals surface area contributed by atoms with Crippen molar-refractivity contribution in [2.24, 2.45) is 0 Å². The molecule has 0 spiro atoms. The molecule has 2 aliphatic rings. The highest BCUT2D eigenvalue weighted by molar-refractivity contribution is 7.91. The van der Waals surface area contributed by atoms with Gasteiger partial charge in [-0.3, -0.25) is 0 Å². The Morgan fingerprint density at radius 2 is 0.551 bits per heavy atom. The molecule has 0 N–H and O–H groups in total. The molecule has 6 aromatic rings. The maximum Gasteiger partial charge on any atom is 0.186 e. The summed E-state index contributed by atoms with van der Waals surface area (Å²) in [5.41, 5.74) is 5.49. The van der Waals surface area contributed by atoms with Crippen LogP contribution >= 0.6 is 0 Å². The molecule has 0 amide bonds. The van der Waals surface area contributed by atoms with E-state index < -0.39 is 82.8 Å². The van der Waals surface area contributed by atoms with Gasteiger partial charge in [-0.05, 0) is 33.4 Å². The molecule has 0 radical (unpaired) electrons. The van der Waals surface area contributed by atoms with E-state index >= 15 is 8.42 Å². The molecule has 2 heterocycles. The normalized spacial score (nSPS) is 25.0. The lowest BCUT2D eigenvalue weighted by Gasteiger charge is -2.46. The molecule has 0 aromatic heterocycles. The maximum atomic E-state index is 15.1. The fourth-order valence-electron chi connectivity index (χ4n) is 8.71. The van der Waals surface area contributed by atoms with Gasteiger partial charge in [-0.15, -0.1) is 0 Å². The average Bonchev–Trinajstić information content (AvgIpc) is 3.39. The van der Waals surface area contributed by atoms with Crippen LogP contribution in [0.3, 0.4) is 0 Å². The number of rotatable bonds is 24. The van der Waals surface area contributed by atoms with Crippen LogP contribution in [0.15, 0.2) is 182 Å². The largest absolute Gasteiger partial charge is 0.368 e. The molecular formula is C56H62O12S. The summed E-state index contributed by atoms with van der Waals surface area (Å²) in [6, 6.07) is 58.4. The maximum absolute atomic E-state index is 15.1. The third kappa shape index (κ3) is 14.5. The number of methoxy groups -OCH3 is 2. The molecule has 2 fully saturated rings. The van der Waals surface area contributed by atoms with E-state index in [4.69, 9.17) is 47.4 Å². The highest BCUT2D eigenvalue weighted by Crippen LogP contribution is 2.35. The van der Waals surface area contributed by atoms with Crippen molar-refractivity contribution in [3.63, 3.8) is 0 Å². The van der Waals surface area contributed by atoms with Crippen LogP contribution in [0.5, 0.6) is 0 Å². The quantitative estimate of drug-likeness (QED) is 0.0577. The van der Waals surface area contributed by atoms with Crippen LogP contribution in [-0.4, -0.2) is 95.6 Å². The molecule has 0 saturated carbocycles. The fourth-order valence-corrected chi connectivity index (χ4v) is 10.4. The summed E-state index contributed by atoms with van der Waals surface area (Å²) in [5, 5.41) is 0. The third-order valence-electron chi connectivity index (χ3n) is 12.2. The summed E-state index contributed by atoms with van der Waals surface area (Å²) in [6.45, 7) is 1.15. The molecule has 0 unspecified atom stereocenters. The number of hydrogen-bond donors (Lipinski definition) is 0. The van der Waals surface area contributed by atoms with Gasteiger partial charge in [-0.1, -0.05) is 182 Å². The van der Waals surface area contributed by atoms with Crippen molar-refractivity contribution < 1.29 is 55.8 Å². The zero-order valence-corrected chi connectivity index (χ0v) is 39.9. The van der Waals surface area contributed by atoms with E-state index in [1.54, 1.807) is 0 Å². The van der Waals surface area contributed by atoms with Crippen molar-refractivity contribution in [3.05, 3.63) is 215 Å². The van der Waals surface area contributed by atoms with Gasteiger partial charge in [-0.2, -0.15) is 0 Å². The first-order valence-corrected chi connectivity index (χ1v) is 25.2. The van der Waals surface area contributed by atoms with Crippen LogP contribution in [-0.2, 0) is 96.8 Å². The molecule has 12 nitrogen and oxygen atoms in total. The highest BCUT2D eigenvalue weighted by atomic mass is 32.2. The number of ether oxygens (including phenoxy) is 10. The number of benzene rings is 6.